The Hall–Kier alpha value is -3.11. The van der Waals surface area contributed by atoms with E-state index in [2.05, 4.69) is 12.2 Å². The van der Waals surface area contributed by atoms with Gasteiger partial charge in [0, 0.05) is 58.5 Å². The van der Waals surface area contributed by atoms with E-state index in [4.69, 9.17) is 23.7 Å². The Morgan fingerprint density at radius 2 is 1.56 bits per heavy atom. The van der Waals surface area contributed by atoms with Gasteiger partial charge in [0.15, 0.2) is 5.78 Å². The molecule has 2 bridgehead atoms. The van der Waals surface area contributed by atoms with Crippen molar-refractivity contribution in [2.75, 3.05) is 27.9 Å². The zero-order valence-corrected chi connectivity index (χ0v) is 40.0. The van der Waals surface area contributed by atoms with Crippen LogP contribution in [0.2, 0.25) is 0 Å². The average molecular weight is 902 g/mol. The highest BCUT2D eigenvalue weighted by atomic mass is 16.6. The van der Waals surface area contributed by atoms with Crippen molar-refractivity contribution in [2.45, 2.75) is 192 Å². The molecule has 1 aliphatic carbocycles. The maximum absolute atomic E-state index is 14.3. The number of esters is 1. The molecule has 0 spiro atoms. The van der Waals surface area contributed by atoms with E-state index >= 15 is 0 Å². The van der Waals surface area contributed by atoms with E-state index in [1.165, 1.54) is 12.0 Å². The maximum atomic E-state index is 14.3. The van der Waals surface area contributed by atoms with Crippen LogP contribution in [0.1, 0.15) is 138 Å². The molecular weight excluding hydrogens is 823 g/mol. The Balaban J connectivity index is 1.67. The Labute approximate surface area is 381 Å². The summed E-state index contributed by atoms with van der Waals surface area (Å²) in [4.78, 5) is 71.6. The van der Waals surface area contributed by atoms with Crippen LogP contribution in [0.3, 0.4) is 0 Å². The molecule has 2 saturated heterocycles. The number of carbonyl (C=O) groups is 5. The van der Waals surface area contributed by atoms with Gasteiger partial charge in [0.05, 0.1) is 24.4 Å². The number of piperidine rings is 1. The van der Waals surface area contributed by atoms with Crippen LogP contribution in [0.4, 0.5) is 0 Å². The van der Waals surface area contributed by atoms with Gasteiger partial charge in [-0.1, -0.05) is 52.0 Å². The van der Waals surface area contributed by atoms with Crippen LogP contribution in [0.25, 0.3) is 0 Å². The van der Waals surface area contributed by atoms with Crippen LogP contribution in [0, 0.1) is 29.6 Å². The number of ether oxygens (including phenoxy) is 5. The third kappa shape index (κ3) is 14.0. The number of methoxy groups -OCH3 is 3. The lowest BCUT2D eigenvalue weighted by atomic mass is 9.78. The number of amides is 1. The first-order valence-electron chi connectivity index (χ1n) is 23.8. The number of carbonyl (C=O) groups excluding carboxylic acids is 5. The number of aliphatic hydroxyl groups excluding tert-OH is 2. The summed E-state index contributed by atoms with van der Waals surface area (Å²) in [6.07, 6.45) is 10.3. The highest BCUT2D eigenvalue weighted by Gasteiger charge is 2.53. The molecule has 3 aliphatic heterocycles. The van der Waals surface area contributed by atoms with E-state index < -0.39 is 77.8 Å². The van der Waals surface area contributed by atoms with Gasteiger partial charge in [0.25, 0.3) is 11.7 Å². The zero-order chi connectivity index (χ0) is 47.3. The number of Topliss-reactive ketones (excluding diaryl/α,β-unsaturated/α-hetero) is 3. The normalized spacial score (nSPS) is 39.4. The molecule has 64 heavy (non-hydrogen) atoms. The van der Waals surface area contributed by atoms with Crippen LogP contribution in [-0.4, -0.2) is 132 Å². The summed E-state index contributed by atoms with van der Waals surface area (Å²) >= 11 is 0. The fourth-order valence-corrected chi connectivity index (χ4v) is 9.99. The summed E-state index contributed by atoms with van der Waals surface area (Å²) in [6, 6.07) is -1.13. The Kier molecular flexibility index (Phi) is 21.0. The summed E-state index contributed by atoms with van der Waals surface area (Å²) in [5.41, 5.74) is 1.37. The molecule has 0 unspecified atom stereocenters. The van der Waals surface area contributed by atoms with Gasteiger partial charge >= 0.3 is 5.97 Å². The maximum Gasteiger partial charge on any atom is 0.329 e. The minimum atomic E-state index is -2.41. The van der Waals surface area contributed by atoms with Crippen molar-refractivity contribution in [3.05, 3.63) is 35.5 Å². The summed E-state index contributed by atoms with van der Waals surface area (Å²) in [6.45, 7) is 10.8. The van der Waals surface area contributed by atoms with Crippen molar-refractivity contribution in [3.63, 3.8) is 0 Å². The van der Waals surface area contributed by atoms with E-state index in [-0.39, 0.29) is 55.0 Å². The van der Waals surface area contributed by atoms with Crippen molar-refractivity contribution in [3.8, 4) is 0 Å². The SMILES string of the molecule is CO[C@H]1C[C@@H]2CC[C@@H](C)[C@@](O)(O2)C(=O)C(=O)N2CCCC[C@H]2C(=O)O[C@H]([C@H](C)C[C@H]2CC[C@@H](O)[C@H](OC)C2)CC(=O)[C@H](C)/C=C(\C)[C@@H](O)[C@@H](OC)C(=O)[C@H](C)CC/C=C/CC/C=C/1C. The molecule has 0 radical (unpaired) electrons. The Morgan fingerprint density at radius 1 is 0.844 bits per heavy atom. The van der Waals surface area contributed by atoms with Gasteiger partial charge in [-0.15, -0.1) is 0 Å². The van der Waals surface area contributed by atoms with E-state index in [0.717, 1.165) is 24.8 Å². The molecule has 3 heterocycles. The van der Waals surface area contributed by atoms with Gasteiger partial charge in [0.2, 0.25) is 5.79 Å². The summed E-state index contributed by atoms with van der Waals surface area (Å²) in [5, 5.41) is 33.8. The number of allylic oxidation sites excluding steroid dienone is 4. The molecule has 4 rings (SSSR count). The molecule has 0 aromatic carbocycles. The molecule has 3 N–H and O–H groups in total. The molecular formula is C50H79NO13. The number of hydrogen-bond donors (Lipinski definition) is 3. The number of fused-ring (bicyclic) bond motifs is 3. The first-order chi connectivity index (χ1) is 30.4. The van der Waals surface area contributed by atoms with Crippen LogP contribution >= 0.6 is 0 Å². The molecule has 362 valence electrons. The predicted molar refractivity (Wildman–Crippen MR) is 241 cm³/mol. The number of ketones is 3. The monoisotopic (exact) mass is 902 g/mol. The number of hydrogen-bond acceptors (Lipinski definition) is 13. The third-order valence-corrected chi connectivity index (χ3v) is 14.5. The fourth-order valence-electron chi connectivity index (χ4n) is 9.99. The molecule has 14 atom stereocenters. The molecule has 4 aliphatic rings. The molecule has 14 heteroatoms. The standard InChI is InChI=1S/C50H79NO13/c1-30-17-13-11-10-12-14-18-31(2)44(54)46(62-9)45(55)34(5)25-32(3)40(53)29-42(33(4)26-36-21-23-39(52)43(27-36)61-8)63-49(58)38-19-15-16-24-51(38)48(57)47(56)50(59)35(6)20-22-37(64-50)28-41(30)60-7/h10,12,17,25,31-33,35-39,41-43,45-46,52,55,59H,11,13-16,18-24,26-29H2,1-9H3/b12-10+,30-17+,34-25+/t31-,32-,33-,35-,36-,37+,38+,39-,41+,42+,43-,45-,46+,50-/m1/s1. The Bertz CT molecular complexity index is 1680. The first-order valence-corrected chi connectivity index (χ1v) is 23.8. The number of nitrogens with zero attached hydrogens (tertiary/aromatic N) is 1. The minimum Gasteiger partial charge on any atom is -0.460 e. The second-order valence-corrected chi connectivity index (χ2v) is 19.3. The van der Waals surface area contributed by atoms with Crippen molar-refractivity contribution in [1.29, 1.82) is 0 Å². The molecule has 3 fully saturated rings. The zero-order valence-electron chi connectivity index (χ0n) is 40.0. The minimum absolute atomic E-state index is 0.0955. The molecule has 1 saturated carbocycles. The summed E-state index contributed by atoms with van der Waals surface area (Å²) in [5.74, 6) is -7.82. The van der Waals surface area contributed by atoms with Crippen molar-refractivity contribution in [2.24, 2.45) is 29.6 Å². The first kappa shape index (κ1) is 53.5. The van der Waals surface area contributed by atoms with Gasteiger partial charge in [-0.3, -0.25) is 19.2 Å². The van der Waals surface area contributed by atoms with Crippen molar-refractivity contribution < 1.29 is 63.0 Å². The lowest BCUT2D eigenvalue weighted by molar-refractivity contribution is -0.265. The Morgan fingerprint density at radius 3 is 2.25 bits per heavy atom. The fraction of sp³-hybridized carbons (Fsp3) is 0.780. The summed E-state index contributed by atoms with van der Waals surface area (Å²) < 4.78 is 29.4. The highest BCUT2D eigenvalue weighted by Crippen LogP contribution is 2.38. The number of aliphatic hydroxyl groups is 3. The van der Waals surface area contributed by atoms with E-state index in [9.17, 15) is 39.3 Å². The van der Waals surface area contributed by atoms with Crippen LogP contribution in [0.15, 0.2) is 35.5 Å². The van der Waals surface area contributed by atoms with Crippen LogP contribution in [-0.2, 0) is 47.7 Å². The van der Waals surface area contributed by atoms with Gasteiger partial charge in [-0.05, 0) is 120 Å². The van der Waals surface area contributed by atoms with Gasteiger partial charge in [-0.25, -0.2) is 4.79 Å². The largest absolute Gasteiger partial charge is 0.460 e. The van der Waals surface area contributed by atoms with Crippen molar-refractivity contribution in [1.82, 2.24) is 4.90 Å². The van der Waals surface area contributed by atoms with Gasteiger partial charge in [0.1, 0.15) is 30.1 Å². The quantitative estimate of drug-likeness (QED) is 0.156. The molecule has 1 amide bonds. The molecule has 0 aromatic rings. The van der Waals surface area contributed by atoms with Crippen LogP contribution in [0.5, 0.6) is 0 Å². The number of cyclic esters (lactones) is 1. The topological polar surface area (TPSA) is 195 Å². The average Bonchev–Trinajstić information content (AvgIpc) is 3.28. The number of rotatable bonds is 6. The predicted octanol–water partition coefficient (Wildman–Crippen LogP) is 6.16. The van der Waals surface area contributed by atoms with E-state index in [1.807, 2.05) is 26.8 Å². The van der Waals surface area contributed by atoms with Crippen molar-refractivity contribution >= 4 is 29.2 Å². The van der Waals surface area contributed by atoms with Crippen LogP contribution < -0.4 is 0 Å². The lowest BCUT2D eigenvalue weighted by Gasteiger charge is -2.42. The second kappa shape index (κ2) is 25.1. The van der Waals surface area contributed by atoms with E-state index in [0.29, 0.717) is 69.8 Å². The molecule has 14 nitrogen and oxygen atoms in total. The second-order valence-electron chi connectivity index (χ2n) is 19.3. The smallest absolute Gasteiger partial charge is 0.329 e. The third-order valence-electron chi connectivity index (χ3n) is 14.5. The molecule has 0 aromatic heterocycles. The highest BCUT2D eigenvalue weighted by molar-refractivity contribution is 6.39. The van der Waals surface area contributed by atoms with E-state index in [1.54, 1.807) is 41.1 Å². The summed E-state index contributed by atoms with van der Waals surface area (Å²) in [7, 11) is 4.55. The lowest BCUT2D eigenvalue weighted by Crippen LogP contribution is -2.61. The van der Waals surface area contributed by atoms with Gasteiger partial charge in [-0.2, -0.15) is 0 Å². The van der Waals surface area contributed by atoms with Gasteiger partial charge < -0.3 is 43.9 Å².